The molecule has 0 saturated carbocycles. The second kappa shape index (κ2) is 8.26. The van der Waals surface area contributed by atoms with Gasteiger partial charge in [-0.3, -0.25) is 9.52 Å². The number of nitrogens with zero attached hydrogens (tertiary/aromatic N) is 1. The number of amides is 1. The molecule has 4 rings (SSSR count). The number of anilines is 1. The molecule has 8 nitrogen and oxygen atoms in total. The third kappa shape index (κ3) is 4.41. The van der Waals surface area contributed by atoms with Gasteiger partial charge in [0.15, 0.2) is 11.5 Å². The first kappa shape index (κ1) is 19.5. The number of rotatable bonds is 6. The van der Waals surface area contributed by atoms with Gasteiger partial charge in [-0.25, -0.2) is 13.8 Å². The van der Waals surface area contributed by atoms with Crippen molar-refractivity contribution in [2.75, 3.05) is 11.5 Å². The number of nitrogens with one attached hydrogen (secondary N) is 2. The second-order valence-electron chi connectivity index (χ2n) is 6.31. The first-order valence-corrected chi connectivity index (χ1v) is 10.4. The number of hydrazone groups is 1. The van der Waals surface area contributed by atoms with Gasteiger partial charge in [0, 0.05) is 11.3 Å². The minimum absolute atomic E-state index is 0.157. The van der Waals surface area contributed by atoms with Gasteiger partial charge in [-0.15, -0.1) is 0 Å². The number of ether oxygens (including phenoxy) is 2. The first-order chi connectivity index (χ1) is 14.5. The van der Waals surface area contributed by atoms with Crippen LogP contribution in [0.1, 0.15) is 15.9 Å². The molecule has 0 spiro atoms. The van der Waals surface area contributed by atoms with E-state index in [2.05, 4.69) is 15.2 Å². The van der Waals surface area contributed by atoms with Crippen molar-refractivity contribution in [2.24, 2.45) is 5.10 Å². The number of sulfonamides is 1. The van der Waals surface area contributed by atoms with Crippen LogP contribution < -0.4 is 19.6 Å². The van der Waals surface area contributed by atoms with Crippen LogP contribution in [0.4, 0.5) is 5.69 Å². The molecule has 1 amide bonds. The van der Waals surface area contributed by atoms with Crippen LogP contribution in [0, 0.1) is 0 Å². The van der Waals surface area contributed by atoms with Gasteiger partial charge in [0.25, 0.3) is 15.9 Å². The van der Waals surface area contributed by atoms with E-state index < -0.39 is 15.9 Å². The summed E-state index contributed by atoms with van der Waals surface area (Å²) < 4.78 is 37.7. The van der Waals surface area contributed by atoms with Crippen LogP contribution in [0.2, 0.25) is 0 Å². The minimum atomic E-state index is -3.69. The van der Waals surface area contributed by atoms with Crippen molar-refractivity contribution in [2.45, 2.75) is 4.90 Å². The van der Waals surface area contributed by atoms with Crippen molar-refractivity contribution in [3.63, 3.8) is 0 Å². The van der Waals surface area contributed by atoms with Crippen LogP contribution in [0.25, 0.3) is 0 Å². The lowest BCUT2D eigenvalue weighted by Crippen LogP contribution is -2.18. The second-order valence-corrected chi connectivity index (χ2v) is 7.99. The molecule has 0 bridgehead atoms. The largest absolute Gasteiger partial charge is 0.454 e. The van der Waals surface area contributed by atoms with Gasteiger partial charge in [-0.05, 0) is 60.2 Å². The first-order valence-electron chi connectivity index (χ1n) is 8.92. The fourth-order valence-corrected chi connectivity index (χ4v) is 3.81. The van der Waals surface area contributed by atoms with Crippen LogP contribution >= 0.6 is 0 Å². The smallest absolute Gasteiger partial charge is 0.271 e. The van der Waals surface area contributed by atoms with Gasteiger partial charge in [0.2, 0.25) is 6.79 Å². The Bertz CT molecular complexity index is 1190. The third-order valence-electron chi connectivity index (χ3n) is 4.23. The van der Waals surface area contributed by atoms with Crippen LogP contribution in [0.5, 0.6) is 11.5 Å². The summed E-state index contributed by atoms with van der Waals surface area (Å²) in [6.07, 6.45) is 1.49. The van der Waals surface area contributed by atoms with Gasteiger partial charge in [0.05, 0.1) is 11.1 Å². The molecule has 152 valence electrons. The van der Waals surface area contributed by atoms with E-state index in [1.165, 1.54) is 42.6 Å². The van der Waals surface area contributed by atoms with Crippen LogP contribution in [0.15, 0.2) is 82.8 Å². The Kier molecular flexibility index (Phi) is 5.36. The van der Waals surface area contributed by atoms with E-state index in [0.717, 1.165) is 5.56 Å². The normalized spacial score (nSPS) is 12.7. The highest BCUT2D eigenvalue weighted by atomic mass is 32.2. The standard InChI is InChI=1S/C21H17N3O5S/c25-21(23-22-13-15-6-11-19-20(12-15)29-14-28-19)16-7-9-17(10-8-16)24-30(26,27)18-4-2-1-3-5-18/h1-13,24H,14H2,(H,23,25)/b22-13+. The molecule has 3 aromatic rings. The molecule has 9 heteroatoms. The fourth-order valence-electron chi connectivity index (χ4n) is 2.73. The topological polar surface area (TPSA) is 106 Å². The Hall–Kier alpha value is -3.85. The van der Waals surface area contributed by atoms with Crippen molar-refractivity contribution in [1.29, 1.82) is 0 Å². The molecule has 0 saturated heterocycles. The summed E-state index contributed by atoms with van der Waals surface area (Å²) in [6.45, 7) is 0.185. The monoisotopic (exact) mass is 423 g/mol. The van der Waals surface area contributed by atoms with E-state index in [4.69, 9.17) is 9.47 Å². The lowest BCUT2D eigenvalue weighted by molar-refractivity contribution is 0.0955. The Labute approximate surface area is 173 Å². The number of hydrogen-bond donors (Lipinski definition) is 2. The SMILES string of the molecule is O=C(N/N=C/c1ccc2c(c1)OCO2)c1ccc(NS(=O)(=O)c2ccccc2)cc1. The Morgan fingerprint density at radius 2 is 1.67 bits per heavy atom. The van der Waals surface area contributed by atoms with E-state index in [9.17, 15) is 13.2 Å². The number of carbonyl (C=O) groups excluding carboxylic acids is 1. The lowest BCUT2D eigenvalue weighted by atomic mass is 10.2. The van der Waals surface area contributed by atoms with E-state index in [1.807, 2.05) is 0 Å². The predicted molar refractivity (Wildman–Crippen MR) is 111 cm³/mol. The summed E-state index contributed by atoms with van der Waals surface area (Å²) in [5.74, 6) is 0.863. The van der Waals surface area contributed by atoms with Crippen LogP contribution in [-0.2, 0) is 10.0 Å². The van der Waals surface area contributed by atoms with E-state index in [-0.39, 0.29) is 11.7 Å². The number of carbonyl (C=O) groups is 1. The summed E-state index contributed by atoms with van der Waals surface area (Å²) in [7, 11) is -3.69. The molecule has 0 aliphatic carbocycles. The maximum absolute atomic E-state index is 12.3. The average molecular weight is 423 g/mol. The summed E-state index contributed by atoms with van der Waals surface area (Å²) >= 11 is 0. The van der Waals surface area contributed by atoms with Crippen molar-refractivity contribution >= 4 is 27.8 Å². The molecule has 3 aromatic carbocycles. The molecular formula is C21H17N3O5S. The van der Waals surface area contributed by atoms with E-state index in [0.29, 0.717) is 22.7 Å². The summed E-state index contributed by atoms with van der Waals surface area (Å²) in [5, 5.41) is 3.93. The Morgan fingerprint density at radius 1 is 0.933 bits per heavy atom. The minimum Gasteiger partial charge on any atom is -0.454 e. The molecule has 0 radical (unpaired) electrons. The van der Waals surface area contributed by atoms with Crippen LogP contribution in [0.3, 0.4) is 0 Å². The summed E-state index contributed by atoms with van der Waals surface area (Å²) in [6, 6.07) is 19.4. The van der Waals surface area contributed by atoms with Crippen molar-refractivity contribution in [3.8, 4) is 11.5 Å². The molecule has 2 N–H and O–H groups in total. The van der Waals surface area contributed by atoms with Crippen molar-refractivity contribution in [3.05, 3.63) is 83.9 Å². The zero-order valence-corrected chi connectivity index (χ0v) is 16.4. The third-order valence-corrected chi connectivity index (χ3v) is 5.63. The van der Waals surface area contributed by atoms with Gasteiger partial charge in [0.1, 0.15) is 0 Å². The van der Waals surface area contributed by atoms with Gasteiger partial charge < -0.3 is 9.47 Å². The molecule has 0 aromatic heterocycles. The van der Waals surface area contributed by atoms with E-state index >= 15 is 0 Å². The number of hydrogen-bond acceptors (Lipinski definition) is 6. The number of fused-ring (bicyclic) bond motifs is 1. The van der Waals surface area contributed by atoms with Crippen molar-refractivity contribution in [1.82, 2.24) is 5.43 Å². The highest BCUT2D eigenvalue weighted by molar-refractivity contribution is 7.92. The maximum atomic E-state index is 12.3. The maximum Gasteiger partial charge on any atom is 0.271 e. The molecule has 0 atom stereocenters. The molecular weight excluding hydrogens is 406 g/mol. The molecule has 1 aliphatic rings. The van der Waals surface area contributed by atoms with Gasteiger partial charge in [-0.2, -0.15) is 5.10 Å². The lowest BCUT2D eigenvalue weighted by Gasteiger charge is -2.08. The average Bonchev–Trinajstić information content (AvgIpc) is 3.22. The molecule has 1 aliphatic heterocycles. The van der Waals surface area contributed by atoms with Gasteiger partial charge in [-0.1, -0.05) is 18.2 Å². The molecule has 30 heavy (non-hydrogen) atoms. The summed E-state index contributed by atoms with van der Waals surface area (Å²) in [5.41, 5.74) is 3.85. The van der Waals surface area contributed by atoms with Crippen molar-refractivity contribution < 1.29 is 22.7 Å². The fraction of sp³-hybridized carbons (Fsp3) is 0.0476. The Morgan fingerprint density at radius 3 is 2.43 bits per heavy atom. The zero-order valence-electron chi connectivity index (χ0n) is 15.6. The quantitative estimate of drug-likeness (QED) is 0.468. The highest BCUT2D eigenvalue weighted by Gasteiger charge is 2.14. The Balaban J connectivity index is 1.37. The summed E-state index contributed by atoms with van der Waals surface area (Å²) in [4.78, 5) is 12.4. The predicted octanol–water partition coefficient (Wildman–Crippen LogP) is 2.98. The molecule has 1 heterocycles. The zero-order chi connectivity index (χ0) is 21.0. The van der Waals surface area contributed by atoms with Gasteiger partial charge >= 0.3 is 0 Å². The van der Waals surface area contributed by atoms with Crippen LogP contribution in [-0.4, -0.2) is 27.3 Å². The molecule has 0 fully saturated rings. The van der Waals surface area contributed by atoms with E-state index in [1.54, 1.807) is 36.4 Å². The molecule has 0 unspecified atom stereocenters. The number of benzene rings is 3. The highest BCUT2D eigenvalue weighted by Crippen LogP contribution is 2.31.